The molecule has 0 heterocycles. The smallest absolute Gasteiger partial charge is 0.262 e. The van der Waals surface area contributed by atoms with Gasteiger partial charge in [0.05, 0.1) is 0 Å². The third-order valence-corrected chi connectivity index (χ3v) is 12.0. The van der Waals surface area contributed by atoms with E-state index in [0.717, 1.165) is 5.56 Å². The van der Waals surface area contributed by atoms with Gasteiger partial charge in [-0.2, -0.15) is 0 Å². The standard InChI is InChI=1S/C34H44O4Si/c1-32(2,3)37-27-25-29(24-26-34(35-7,36-8)28-18-12-9-13-19-28)38-39(33(4,5)6,30-20-14-10-15-21-30)31-22-16-11-17-23-31/h9-23,29H,24,26H2,1-8H3. The molecule has 0 fully saturated rings. The van der Waals surface area contributed by atoms with Crippen molar-refractivity contribution in [3.8, 4) is 12.0 Å². The van der Waals surface area contributed by atoms with Crippen LogP contribution in [0.2, 0.25) is 5.04 Å². The molecule has 0 radical (unpaired) electrons. The highest BCUT2D eigenvalue weighted by molar-refractivity contribution is 6.99. The van der Waals surface area contributed by atoms with Crippen LogP contribution in [0.3, 0.4) is 0 Å². The minimum atomic E-state index is -2.84. The normalized spacial score (nSPS) is 13.3. The van der Waals surface area contributed by atoms with Gasteiger partial charge in [-0.1, -0.05) is 112 Å². The summed E-state index contributed by atoms with van der Waals surface area (Å²) in [5.74, 6) is 2.43. The van der Waals surface area contributed by atoms with Crippen molar-refractivity contribution in [1.29, 1.82) is 0 Å². The van der Waals surface area contributed by atoms with Crippen molar-refractivity contribution in [3.05, 3.63) is 96.6 Å². The molecular weight excluding hydrogens is 500 g/mol. The van der Waals surface area contributed by atoms with Crippen LogP contribution in [0.4, 0.5) is 0 Å². The van der Waals surface area contributed by atoms with Gasteiger partial charge in [0.25, 0.3) is 8.32 Å². The zero-order valence-corrected chi connectivity index (χ0v) is 25.8. The van der Waals surface area contributed by atoms with Crippen molar-refractivity contribution in [1.82, 2.24) is 0 Å². The van der Waals surface area contributed by atoms with Crippen LogP contribution in [-0.4, -0.2) is 34.2 Å². The summed E-state index contributed by atoms with van der Waals surface area (Å²) in [4.78, 5) is 0. The number of ether oxygens (including phenoxy) is 3. The number of rotatable bonds is 10. The summed E-state index contributed by atoms with van der Waals surface area (Å²) in [6, 6.07) is 31.3. The van der Waals surface area contributed by atoms with Crippen LogP contribution in [0.25, 0.3) is 0 Å². The molecule has 4 nitrogen and oxygen atoms in total. The lowest BCUT2D eigenvalue weighted by molar-refractivity contribution is -0.222. The van der Waals surface area contributed by atoms with Crippen LogP contribution < -0.4 is 10.4 Å². The van der Waals surface area contributed by atoms with Crippen molar-refractivity contribution in [3.63, 3.8) is 0 Å². The van der Waals surface area contributed by atoms with Gasteiger partial charge >= 0.3 is 0 Å². The maximum atomic E-state index is 7.38. The Bertz CT molecular complexity index is 1160. The Kier molecular flexibility index (Phi) is 10.2. The second-order valence-electron chi connectivity index (χ2n) is 11.8. The molecule has 3 aromatic rings. The lowest BCUT2D eigenvalue weighted by atomic mass is 9.98. The fourth-order valence-electron chi connectivity index (χ4n) is 4.99. The Labute approximate surface area is 236 Å². The van der Waals surface area contributed by atoms with Gasteiger partial charge in [-0.05, 0) is 48.5 Å². The highest BCUT2D eigenvalue weighted by atomic mass is 28.4. The zero-order valence-electron chi connectivity index (χ0n) is 24.8. The van der Waals surface area contributed by atoms with Gasteiger partial charge in [-0.3, -0.25) is 0 Å². The van der Waals surface area contributed by atoms with Crippen LogP contribution in [0.15, 0.2) is 91.0 Å². The third kappa shape index (κ3) is 7.41. The van der Waals surface area contributed by atoms with Gasteiger partial charge in [0.2, 0.25) is 0 Å². The van der Waals surface area contributed by atoms with Gasteiger partial charge in [-0.25, -0.2) is 0 Å². The molecule has 5 heteroatoms. The van der Waals surface area contributed by atoms with E-state index in [1.54, 1.807) is 14.2 Å². The van der Waals surface area contributed by atoms with Gasteiger partial charge < -0.3 is 18.6 Å². The Morgan fingerprint density at radius 1 is 0.692 bits per heavy atom. The molecule has 208 valence electrons. The average Bonchev–Trinajstić information content (AvgIpc) is 2.92. The van der Waals surface area contributed by atoms with Crippen molar-refractivity contribution in [2.24, 2.45) is 0 Å². The number of hydrogen-bond acceptors (Lipinski definition) is 4. The highest BCUT2D eigenvalue weighted by Gasteiger charge is 2.51. The van der Waals surface area contributed by atoms with Crippen LogP contribution in [0.1, 0.15) is 59.9 Å². The van der Waals surface area contributed by atoms with E-state index in [0.29, 0.717) is 12.8 Å². The molecule has 0 amide bonds. The van der Waals surface area contributed by atoms with E-state index in [9.17, 15) is 0 Å². The molecular formula is C34H44O4Si. The monoisotopic (exact) mass is 544 g/mol. The molecule has 0 saturated carbocycles. The number of hydrogen-bond donors (Lipinski definition) is 0. The Hall–Kier alpha value is -2.88. The van der Waals surface area contributed by atoms with Crippen LogP contribution in [0, 0.1) is 12.0 Å². The Morgan fingerprint density at radius 3 is 1.56 bits per heavy atom. The fraction of sp³-hybridized carbons (Fsp3) is 0.412. The molecule has 0 saturated heterocycles. The second kappa shape index (κ2) is 13.0. The molecule has 0 N–H and O–H groups in total. The van der Waals surface area contributed by atoms with E-state index in [1.165, 1.54) is 10.4 Å². The molecule has 0 aliphatic heterocycles. The van der Waals surface area contributed by atoms with Gasteiger partial charge in [0.1, 0.15) is 17.8 Å². The average molecular weight is 545 g/mol. The molecule has 1 atom stereocenters. The molecule has 1 unspecified atom stereocenters. The SMILES string of the molecule is COC(CCC(C#COC(C)(C)C)O[Si](c1ccccc1)(c1ccccc1)C(C)(C)C)(OC)c1ccccc1. The molecule has 0 aliphatic rings. The van der Waals surface area contributed by atoms with E-state index < -0.39 is 20.2 Å². The lowest BCUT2D eigenvalue weighted by Gasteiger charge is -2.44. The fourth-order valence-corrected chi connectivity index (χ4v) is 9.61. The molecule has 39 heavy (non-hydrogen) atoms. The summed E-state index contributed by atoms with van der Waals surface area (Å²) < 4.78 is 25.2. The predicted molar refractivity (Wildman–Crippen MR) is 162 cm³/mol. The number of benzene rings is 3. The maximum Gasteiger partial charge on any atom is 0.262 e. The van der Waals surface area contributed by atoms with E-state index in [1.807, 2.05) is 51.1 Å². The summed E-state index contributed by atoms with van der Waals surface area (Å²) >= 11 is 0. The van der Waals surface area contributed by atoms with Crippen molar-refractivity contribution in [2.45, 2.75) is 76.9 Å². The van der Waals surface area contributed by atoms with Gasteiger partial charge in [-0.15, -0.1) is 0 Å². The van der Waals surface area contributed by atoms with Crippen molar-refractivity contribution >= 4 is 18.7 Å². The van der Waals surface area contributed by atoms with Crippen LogP contribution >= 0.6 is 0 Å². The molecule has 3 aromatic carbocycles. The Morgan fingerprint density at radius 2 is 1.15 bits per heavy atom. The van der Waals surface area contributed by atoms with Crippen molar-refractivity contribution in [2.75, 3.05) is 14.2 Å². The second-order valence-corrected chi connectivity index (χ2v) is 16.0. The first-order chi connectivity index (χ1) is 18.5. The van der Waals surface area contributed by atoms with Crippen molar-refractivity contribution < 1.29 is 18.6 Å². The van der Waals surface area contributed by atoms with E-state index in [4.69, 9.17) is 18.6 Å². The molecule has 0 spiro atoms. The minimum Gasteiger partial charge on any atom is -0.441 e. The largest absolute Gasteiger partial charge is 0.441 e. The van der Waals surface area contributed by atoms with Gasteiger partial charge in [0.15, 0.2) is 5.79 Å². The van der Waals surface area contributed by atoms with Gasteiger partial charge in [0, 0.05) is 26.2 Å². The van der Waals surface area contributed by atoms with Crippen LogP contribution in [-0.2, 0) is 24.4 Å². The predicted octanol–water partition coefficient (Wildman–Crippen LogP) is 6.63. The molecule has 3 rings (SSSR count). The third-order valence-electron chi connectivity index (χ3n) is 6.92. The summed E-state index contributed by atoms with van der Waals surface area (Å²) in [5, 5.41) is 2.24. The first-order valence-electron chi connectivity index (χ1n) is 13.6. The molecule has 0 aliphatic carbocycles. The topological polar surface area (TPSA) is 36.9 Å². The van der Waals surface area contributed by atoms with E-state index in [-0.39, 0.29) is 10.6 Å². The van der Waals surface area contributed by atoms with E-state index >= 15 is 0 Å². The maximum absolute atomic E-state index is 7.38. The summed E-state index contributed by atoms with van der Waals surface area (Å²) in [5.41, 5.74) is 0.569. The zero-order chi connectivity index (χ0) is 28.6. The Balaban J connectivity index is 2.11. The summed E-state index contributed by atoms with van der Waals surface area (Å²) in [6.07, 6.45) is 3.69. The van der Waals surface area contributed by atoms with Crippen LogP contribution in [0.5, 0.6) is 0 Å². The quantitative estimate of drug-likeness (QED) is 0.163. The summed E-state index contributed by atoms with van der Waals surface area (Å²) in [7, 11) is 0.523. The first kappa shape index (κ1) is 30.7. The lowest BCUT2D eigenvalue weighted by Crippen LogP contribution is -2.67. The highest BCUT2D eigenvalue weighted by Crippen LogP contribution is 2.39. The summed E-state index contributed by atoms with van der Waals surface area (Å²) in [6.45, 7) is 12.8. The van der Waals surface area contributed by atoms with E-state index in [2.05, 4.69) is 93.5 Å². The first-order valence-corrected chi connectivity index (χ1v) is 15.5. The number of methoxy groups -OCH3 is 2. The minimum absolute atomic E-state index is 0.181. The molecule has 0 aromatic heterocycles. The molecule has 0 bridgehead atoms.